The average Bonchev–Trinajstić information content (AvgIpc) is 3.56. The predicted molar refractivity (Wildman–Crippen MR) is 214 cm³/mol. The zero-order valence-corrected chi connectivity index (χ0v) is 29.0. The lowest BCUT2D eigenvalue weighted by molar-refractivity contribution is 0.431. The first-order valence-corrected chi connectivity index (χ1v) is 18.6. The highest BCUT2D eigenvalue weighted by molar-refractivity contribution is 7.99. The van der Waals surface area contributed by atoms with Crippen molar-refractivity contribution in [2.75, 3.05) is 0 Å². The molecule has 11 rings (SSSR count). The van der Waals surface area contributed by atoms with Gasteiger partial charge in [0.15, 0.2) is 0 Å². The number of ether oxygens (including phenoxy) is 1. The van der Waals surface area contributed by atoms with Crippen molar-refractivity contribution in [1.29, 1.82) is 0 Å². The number of benzene rings is 8. The van der Waals surface area contributed by atoms with Gasteiger partial charge in [-0.1, -0.05) is 157 Å². The Bertz CT molecular complexity index is 2810. The molecule has 0 unspecified atom stereocenters. The molecule has 3 heterocycles. The summed E-state index contributed by atoms with van der Waals surface area (Å²) < 4.78 is 9.16. The van der Waals surface area contributed by atoms with Gasteiger partial charge in [-0.25, -0.2) is 0 Å². The monoisotopic (exact) mass is 681 g/mol. The summed E-state index contributed by atoms with van der Waals surface area (Å²) >= 11 is 1.89. The summed E-state index contributed by atoms with van der Waals surface area (Å²) in [4.78, 5) is 2.52. The lowest BCUT2D eigenvalue weighted by Crippen LogP contribution is -2.37. The summed E-state index contributed by atoms with van der Waals surface area (Å²) in [6.45, 7) is 0. The number of fused-ring (bicyclic) bond motifs is 11. The van der Waals surface area contributed by atoms with E-state index in [9.17, 15) is 0 Å². The van der Waals surface area contributed by atoms with Gasteiger partial charge in [-0.15, -0.1) is 0 Å². The molecule has 8 aromatic carbocycles. The van der Waals surface area contributed by atoms with Crippen molar-refractivity contribution in [3.8, 4) is 39.4 Å². The summed E-state index contributed by atoms with van der Waals surface area (Å²) in [6, 6.07) is 68.3. The third-order valence-electron chi connectivity index (χ3n) is 10.9. The van der Waals surface area contributed by atoms with Crippen LogP contribution in [0.25, 0.3) is 49.7 Å². The van der Waals surface area contributed by atoms with Gasteiger partial charge in [0.2, 0.25) is 0 Å². The molecule has 1 spiro atoms. The van der Waals surface area contributed by atoms with E-state index in [1.54, 1.807) is 0 Å². The van der Waals surface area contributed by atoms with E-state index in [-0.39, 0.29) is 0 Å². The van der Waals surface area contributed by atoms with Gasteiger partial charge >= 0.3 is 0 Å². The second kappa shape index (κ2) is 11.4. The van der Waals surface area contributed by atoms with E-state index in [0.29, 0.717) is 0 Å². The summed E-state index contributed by atoms with van der Waals surface area (Å²) in [5.41, 5.74) is 12.7. The summed E-state index contributed by atoms with van der Waals surface area (Å²) in [5.74, 6) is 1.79. The fourth-order valence-electron chi connectivity index (χ4n) is 8.79. The molecule has 0 saturated heterocycles. The minimum Gasteiger partial charge on any atom is -0.457 e. The van der Waals surface area contributed by atoms with Crippen molar-refractivity contribution in [2.24, 2.45) is 0 Å². The van der Waals surface area contributed by atoms with Crippen molar-refractivity contribution in [3.05, 3.63) is 210 Å². The molecule has 0 N–H and O–H groups in total. The Morgan fingerprint density at radius 3 is 1.85 bits per heavy atom. The maximum absolute atomic E-state index is 6.71. The summed E-state index contributed by atoms with van der Waals surface area (Å²) in [7, 11) is 0. The van der Waals surface area contributed by atoms with Crippen LogP contribution >= 0.6 is 11.8 Å². The second-order valence-electron chi connectivity index (χ2n) is 13.6. The Morgan fingerprint density at radius 1 is 0.442 bits per heavy atom. The van der Waals surface area contributed by atoms with Gasteiger partial charge in [0, 0.05) is 42.9 Å². The van der Waals surface area contributed by atoms with Crippen LogP contribution in [0.5, 0.6) is 11.5 Å². The first-order chi connectivity index (χ1) is 25.8. The molecule has 0 fully saturated rings. The fourth-order valence-corrected chi connectivity index (χ4v) is 10.1. The topological polar surface area (TPSA) is 14.2 Å². The zero-order chi connectivity index (χ0) is 34.2. The lowest BCUT2D eigenvalue weighted by Gasteiger charge is -2.45. The van der Waals surface area contributed by atoms with Gasteiger partial charge in [0.05, 0.1) is 16.4 Å². The molecule has 0 saturated carbocycles. The van der Waals surface area contributed by atoms with Crippen molar-refractivity contribution >= 4 is 33.6 Å². The largest absolute Gasteiger partial charge is 0.457 e. The summed E-state index contributed by atoms with van der Waals surface area (Å²) in [5, 5.41) is 2.50. The van der Waals surface area contributed by atoms with Crippen LogP contribution in [-0.2, 0) is 5.41 Å². The first kappa shape index (κ1) is 29.4. The van der Waals surface area contributed by atoms with Crippen molar-refractivity contribution in [3.63, 3.8) is 0 Å². The molecule has 0 atom stereocenters. The Labute approximate surface area is 306 Å². The minimum absolute atomic E-state index is 0.609. The number of nitrogens with zero attached hydrogens (tertiary/aromatic N) is 1. The maximum Gasteiger partial charge on any atom is 0.132 e. The standard InChI is InChI=1S/C49H31NOS/c1-3-15-32(16-4-1)33-29-30-46-42(31-33)49(39-23-8-11-27-44(39)51-45-28-12-9-24-40(45)49)41-25-14-22-38(48(41)52-46)37-21-13-20-36-35-19-7-10-26-43(35)50(47(36)37)34-17-5-2-6-18-34/h1-31H. The quantitative estimate of drug-likeness (QED) is 0.184. The number of hydrogen-bond donors (Lipinski definition) is 0. The van der Waals surface area contributed by atoms with E-state index in [0.717, 1.165) is 28.3 Å². The molecule has 52 heavy (non-hydrogen) atoms. The number of aromatic nitrogens is 1. The fraction of sp³-hybridized carbons (Fsp3) is 0.0204. The van der Waals surface area contributed by atoms with E-state index in [2.05, 4.69) is 193 Å². The van der Waals surface area contributed by atoms with Crippen molar-refractivity contribution in [2.45, 2.75) is 15.2 Å². The van der Waals surface area contributed by atoms with Crippen LogP contribution < -0.4 is 4.74 Å². The van der Waals surface area contributed by atoms with Gasteiger partial charge in [0.1, 0.15) is 11.5 Å². The van der Waals surface area contributed by atoms with E-state index in [4.69, 9.17) is 4.74 Å². The molecule has 0 bridgehead atoms. The highest BCUT2D eigenvalue weighted by Gasteiger charge is 2.50. The molecule has 0 amide bonds. The maximum atomic E-state index is 6.71. The average molecular weight is 682 g/mol. The van der Waals surface area contributed by atoms with Gasteiger partial charge in [-0.05, 0) is 70.3 Å². The molecule has 244 valence electrons. The number of hydrogen-bond acceptors (Lipinski definition) is 2. The van der Waals surface area contributed by atoms with E-state index < -0.39 is 5.41 Å². The van der Waals surface area contributed by atoms with Gasteiger partial charge in [0.25, 0.3) is 0 Å². The van der Waals surface area contributed by atoms with Gasteiger partial charge in [-0.3, -0.25) is 0 Å². The van der Waals surface area contributed by atoms with Crippen LogP contribution in [0.1, 0.15) is 22.3 Å². The van der Waals surface area contributed by atoms with Crippen LogP contribution in [0.2, 0.25) is 0 Å². The highest BCUT2D eigenvalue weighted by atomic mass is 32.2. The van der Waals surface area contributed by atoms with Gasteiger partial charge in [-0.2, -0.15) is 0 Å². The third kappa shape index (κ3) is 4.08. The highest BCUT2D eigenvalue weighted by Crippen LogP contribution is 2.63. The van der Waals surface area contributed by atoms with Crippen molar-refractivity contribution in [1.82, 2.24) is 4.57 Å². The SMILES string of the molecule is c1ccc(-c2ccc3c(c2)C2(c4ccccc4Oc4ccccc42)c2cccc(-c4cccc5c6ccccc6n(-c6ccccc6)c45)c2S3)cc1. The zero-order valence-electron chi connectivity index (χ0n) is 28.2. The third-order valence-corrected chi connectivity index (χ3v) is 12.1. The molecule has 2 nitrogen and oxygen atoms in total. The molecule has 0 radical (unpaired) electrons. The van der Waals surface area contributed by atoms with Crippen LogP contribution in [0.4, 0.5) is 0 Å². The van der Waals surface area contributed by atoms with E-state index in [1.165, 1.54) is 65.0 Å². The number of rotatable bonds is 3. The molecule has 2 aliphatic heterocycles. The Kier molecular flexibility index (Phi) is 6.43. The minimum atomic E-state index is -0.609. The number of para-hydroxylation sites is 5. The summed E-state index contributed by atoms with van der Waals surface area (Å²) in [6.07, 6.45) is 0. The van der Waals surface area contributed by atoms with Crippen LogP contribution in [0.3, 0.4) is 0 Å². The van der Waals surface area contributed by atoms with E-state index in [1.807, 2.05) is 11.8 Å². The first-order valence-electron chi connectivity index (χ1n) is 17.8. The molecule has 2 aliphatic rings. The smallest absolute Gasteiger partial charge is 0.132 e. The normalized spacial score (nSPS) is 13.6. The molecule has 0 aliphatic carbocycles. The van der Waals surface area contributed by atoms with E-state index >= 15 is 0 Å². The second-order valence-corrected chi connectivity index (χ2v) is 14.6. The van der Waals surface area contributed by atoms with Gasteiger partial charge < -0.3 is 9.30 Å². The Hall–Kier alpha value is -6.29. The predicted octanol–water partition coefficient (Wildman–Crippen LogP) is 13.1. The molecular weight excluding hydrogens is 651 g/mol. The van der Waals surface area contributed by atoms with Crippen LogP contribution in [-0.4, -0.2) is 4.57 Å². The lowest BCUT2D eigenvalue weighted by atomic mass is 9.63. The van der Waals surface area contributed by atoms with Crippen molar-refractivity contribution < 1.29 is 4.74 Å². The van der Waals surface area contributed by atoms with Crippen LogP contribution in [0, 0.1) is 0 Å². The molecule has 1 aromatic heterocycles. The Morgan fingerprint density at radius 2 is 1.06 bits per heavy atom. The molecule has 3 heteroatoms. The molecular formula is C49H31NOS. The Balaban J connectivity index is 1.27. The van der Waals surface area contributed by atoms with Crippen LogP contribution in [0.15, 0.2) is 198 Å². The molecule has 9 aromatic rings.